The number of rotatable bonds is 4. The lowest BCUT2D eigenvalue weighted by Gasteiger charge is -2.08. The monoisotopic (exact) mass is 348 g/mol. The van der Waals surface area contributed by atoms with Crippen LogP contribution in [-0.2, 0) is 0 Å². The fraction of sp³-hybridized carbons (Fsp3) is 0.118. The molecule has 23 heavy (non-hydrogen) atoms. The van der Waals surface area contributed by atoms with Crippen molar-refractivity contribution in [2.45, 2.75) is 6.92 Å². The van der Waals surface area contributed by atoms with Crippen LogP contribution in [0.5, 0.6) is 17.2 Å². The number of thiophene rings is 1. The van der Waals surface area contributed by atoms with Crippen LogP contribution in [0.2, 0.25) is 5.02 Å². The normalized spacial score (nSPS) is 10.7. The molecular weight excluding hydrogens is 336 g/mol. The van der Waals surface area contributed by atoms with Crippen molar-refractivity contribution in [2.75, 3.05) is 7.11 Å². The quantitative estimate of drug-likeness (QED) is 0.689. The summed E-state index contributed by atoms with van der Waals surface area (Å²) >= 11 is 7.04. The molecule has 1 aromatic heterocycles. The molecule has 0 aliphatic heterocycles. The van der Waals surface area contributed by atoms with Gasteiger partial charge in [-0.3, -0.25) is 0 Å². The first-order chi connectivity index (χ1) is 11.0. The van der Waals surface area contributed by atoms with Gasteiger partial charge in [-0.2, -0.15) is 0 Å². The fourth-order valence-electron chi connectivity index (χ4n) is 2.28. The van der Waals surface area contributed by atoms with Gasteiger partial charge in [-0.15, -0.1) is 11.3 Å². The van der Waals surface area contributed by atoms with Crippen LogP contribution in [0.15, 0.2) is 36.4 Å². The van der Waals surface area contributed by atoms with Gasteiger partial charge < -0.3 is 14.6 Å². The standard InChI is InChI=1S/C17H13ClO4S/c1-9-7-14-12(8-13(9)21-2)15(16(23-14)17(19)20)22-11-5-3-10(18)4-6-11/h3-8H,1-2H3,(H,19,20). The molecule has 0 aliphatic carbocycles. The van der Waals surface area contributed by atoms with Crippen LogP contribution in [-0.4, -0.2) is 18.2 Å². The Kier molecular flexibility index (Phi) is 4.15. The number of aryl methyl sites for hydroxylation is 1. The average Bonchev–Trinajstić information content (AvgIpc) is 2.86. The van der Waals surface area contributed by atoms with Gasteiger partial charge in [-0.25, -0.2) is 4.79 Å². The number of hydrogen-bond acceptors (Lipinski definition) is 4. The molecule has 1 heterocycles. The summed E-state index contributed by atoms with van der Waals surface area (Å²) in [5.41, 5.74) is 0.941. The Morgan fingerprint density at radius 1 is 1.22 bits per heavy atom. The highest BCUT2D eigenvalue weighted by atomic mass is 35.5. The van der Waals surface area contributed by atoms with Gasteiger partial charge in [0.2, 0.25) is 0 Å². The number of fused-ring (bicyclic) bond motifs is 1. The molecule has 2 aromatic carbocycles. The minimum Gasteiger partial charge on any atom is -0.496 e. The van der Waals surface area contributed by atoms with Crippen LogP contribution in [0.3, 0.4) is 0 Å². The van der Waals surface area contributed by atoms with Gasteiger partial charge in [0.15, 0.2) is 10.6 Å². The summed E-state index contributed by atoms with van der Waals surface area (Å²) in [4.78, 5) is 11.7. The van der Waals surface area contributed by atoms with Crippen LogP contribution in [0.25, 0.3) is 10.1 Å². The summed E-state index contributed by atoms with van der Waals surface area (Å²) in [7, 11) is 1.58. The Morgan fingerprint density at radius 3 is 2.52 bits per heavy atom. The molecule has 3 rings (SSSR count). The van der Waals surface area contributed by atoms with Crippen LogP contribution in [0.1, 0.15) is 15.2 Å². The topological polar surface area (TPSA) is 55.8 Å². The van der Waals surface area contributed by atoms with E-state index in [0.717, 1.165) is 10.3 Å². The van der Waals surface area contributed by atoms with E-state index in [4.69, 9.17) is 21.1 Å². The summed E-state index contributed by atoms with van der Waals surface area (Å²) in [5, 5.41) is 10.8. The van der Waals surface area contributed by atoms with E-state index in [-0.39, 0.29) is 4.88 Å². The van der Waals surface area contributed by atoms with Gasteiger partial charge in [0, 0.05) is 15.1 Å². The number of methoxy groups -OCH3 is 1. The molecule has 0 fully saturated rings. The number of hydrogen-bond donors (Lipinski definition) is 1. The highest BCUT2D eigenvalue weighted by Crippen LogP contribution is 2.43. The third-order valence-electron chi connectivity index (χ3n) is 3.39. The van der Waals surface area contributed by atoms with Crippen molar-refractivity contribution < 1.29 is 19.4 Å². The van der Waals surface area contributed by atoms with E-state index >= 15 is 0 Å². The third-order valence-corrected chi connectivity index (χ3v) is 4.76. The highest BCUT2D eigenvalue weighted by Gasteiger charge is 2.21. The smallest absolute Gasteiger partial charge is 0.349 e. The van der Waals surface area contributed by atoms with Crippen molar-refractivity contribution in [1.82, 2.24) is 0 Å². The maximum absolute atomic E-state index is 11.6. The molecule has 6 heteroatoms. The van der Waals surface area contributed by atoms with Gasteiger partial charge in [-0.1, -0.05) is 11.6 Å². The number of carboxylic acid groups (broad SMARTS) is 1. The maximum Gasteiger partial charge on any atom is 0.349 e. The van der Waals surface area contributed by atoms with Crippen LogP contribution < -0.4 is 9.47 Å². The second-order valence-electron chi connectivity index (χ2n) is 4.94. The minimum absolute atomic E-state index is 0.155. The zero-order valence-electron chi connectivity index (χ0n) is 12.4. The summed E-state index contributed by atoms with van der Waals surface area (Å²) in [6.07, 6.45) is 0. The predicted molar refractivity (Wildman–Crippen MR) is 91.6 cm³/mol. The van der Waals surface area contributed by atoms with Gasteiger partial charge >= 0.3 is 5.97 Å². The Balaban J connectivity index is 2.17. The molecule has 0 bridgehead atoms. The number of carbonyl (C=O) groups is 1. The molecule has 118 valence electrons. The molecule has 1 N–H and O–H groups in total. The van der Waals surface area contributed by atoms with E-state index < -0.39 is 5.97 Å². The maximum atomic E-state index is 11.6. The van der Waals surface area contributed by atoms with Crippen molar-refractivity contribution in [3.63, 3.8) is 0 Å². The number of benzene rings is 2. The first kappa shape index (κ1) is 15.6. The summed E-state index contributed by atoms with van der Waals surface area (Å²) in [6.45, 7) is 1.91. The molecule has 0 spiro atoms. The molecule has 4 nitrogen and oxygen atoms in total. The molecule has 0 radical (unpaired) electrons. The third kappa shape index (κ3) is 2.98. The van der Waals surface area contributed by atoms with Crippen molar-refractivity contribution in [3.8, 4) is 17.2 Å². The second-order valence-corrected chi connectivity index (χ2v) is 6.43. The zero-order valence-corrected chi connectivity index (χ0v) is 14.0. The predicted octanol–water partition coefficient (Wildman–Crippen LogP) is 5.36. The summed E-state index contributed by atoms with van der Waals surface area (Å²) in [5.74, 6) is 0.509. The second kappa shape index (κ2) is 6.10. The number of halogens is 1. The molecule has 0 unspecified atom stereocenters. The van der Waals surface area contributed by atoms with Crippen molar-refractivity contribution in [3.05, 3.63) is 51.9 Å². The van der Waals surface area contributed by atoms with E-state index in [1.807, 2.05) is 13.0 Å². The number of aromatic carboxylic acids is 1. The van der Waals surface area contributed by atoms with E-state index in [0.29, 0.717) is 27.7 Å². The average molecular weight is 349 g/mol. The molecule has 0 aliphatic rings. The Labute approximate surface area is 141 Å². The van der Waals surface area contributed by atoms with E-state index in [9.17, 15) is 9.90 Å². The molecule has 0 saturated carbocycles. The van der Waals surface area contributed by atoms with Gasteiger partial charge in [0.1, 0.15) is 11.5 Å². The van der Waals surface area contributed by atoms with E-state index in [2.05, 4.69) is 0 Å². The Hall–Kier alpha value is -2.24. The number of carboxylic acids is 1. The minimum atomic E-state index is -1.02. The number of ether oxygens (including phenoxy) is 2. The van der Waals surface area contributed by atoms with E-state index in [1.54, 1.807) is 37.4 Å². The van der Waals surface area contributed by atoms with Crippen molar-refractivity contribution >= 4 is 39.0 Å². The largest absolute Gasteiger partial charge is 0.496 e. The first-order valence-corrected chi connectivity index (χ1v) is 7.97. The molecular formula is C17H13ClO4S. The fourth-order valence-corrected chi connectivity index (χ4v) is 3.46. The van der Waals surface area contributed by atoms with Gasteiger partial charge in [0.25, 0.3) is 0 Å². The highest BCUT2D eigenvalue weighted by molar-refractivity contribution is 7.21. The van der Waals surface area contributed by atoms with Gasteiger partial charge in [0.05, 0.1) is 7.11 Å². The van der Waals surface area contributed by atoms with E-state index in [1.165, 1.54) is 11.3 Å². The molecule has 3 aromatic rings. The summed E-state index contributed by atoms with van der Waals surface area (Å²) in [6, 6.07) is 10.5. The lowest BCUT2D eigenvalue weighted by atomic mass is 10.1. The van der Waals surface area contributed by atoms with Crippen LogP contribution >= 0.6 is 22.9 Å². The Bertz CT molecular complexity index is 884. The first-order valence-electron chi connectivity index (χ1n) is 6.77. The SMILES string of the molecule is COc1cc2c(Oc3ccc(Cl)cc3)c(C(=O)O)sc2cc1C. The van der Waals surface area contributed by atoms with Gasteiger partial charge in [-0.05, 0) is 48.9 Å². The van der Waals surface area contributed by atoms with Crippen molar-refractivity contribution in [1.29, 1.82) is 0 Å². The zero-order chi connectivity index (χ0) is 16.6. The Morgan fingerprint density at radius 2 is 1.91 bits per heavy atom. The van der Waals surface area contributed by atoms with Crippen LogP contribution in [0.4, 0.5) is 0 Å². The van der Waals surface area contributed by atoms with Crippen molar-refractivity contribution in [2.24, 2.45) is 0 Å². The molecule has 0 atom stereocenters. The molecule has 0 saturated heterocycles. The van der Waals surface area contributed by atoms with Crippen LogP contribution in [0, 0.1) is 6.92 Å². The molecule has 0 amide bonds. The summed E-state index contributed by atoms with van der Waals surface area (Å²) < 4.78 is 12.0. The lowest BCUT2D eigenvalue weighted by molar-refractivity contribution is 0.0700. The lowest BCUT2D eigenvalue weighted by Crippen LogP contribution is -1.95.